The number of rotatable bonds is 5. The molecule has 1 atom stereocenters. The van der Waals surface area contributed by atoms with Gasteiger partial charge in [0.1, 0.15) is 17.6 Å². The molecular formula is C22H24N2O4S. The van der Waals surface area contributed by atoms with Crippen LogP contribution in [-0.2, 0) is 17.8 Å². The Morgan fingerprint density at radius 2 is 2.21 bits per heavy atom. The van der Waals surface area contributed by atoms with Crippen molar-refractivity contribution in [2.45, 2.75) is 44.2 Å². The van der Waals surface area contributed by atoms with Gasteiger partial charge in [0.25, 0.3) is 5.91 Å². The Labute approximate surface area is 174 Å². The standard InChI is InChI=1S/C22H24N2O4S/c1-3-27-18-10-15-8-13(2)28-19(15)11-16(18)12-23-22(26)14-4-5-20-17(9-14)24-21(25)6-7-29-20/h4-5,9-11,13H,3,6-8,12H2,1-2H3,(H,23,26)(H,24,25)/t13-/m0/s1. The lowest BCUT2D eigenvalue weighted by Gasteiger charge is -2.14. The van der Waals surface area contributed by atoms with Gasteiger partial charge >= 0.3 is 0 Å². The summed E-state index contributed by atoms with van der Waals surface area (Å²) in [5.41, 5.74) is 3.22. The van der Waals surface area contributed by atoms with E-state index in [9.17, 15) is 9.59 Å². The molecule has 2 amide bonds. The Balaban J connectivity index is 1.50. The zero-order chi connectivity index (χ0) is 20.4. The third kappa shape index (κ3) is 4.34. The maximum Gasteiger partial charge on any atom is 0.251 e. The van der Waals surface area contributed by atoms with Gasteiger partial charge in [-0.05, 0) is 44.2 Å². The third-order valence-corrected chi connectivity index (χ3v) is 6.00. The Kier molecular flexibility index (Phi) is 5.67. The number of thioether (sulfide) groups is 1. The highest BCUT2D eigenvalue weighted by atomic mass is 32.2. The minimum Gasteiger partial charge on any atom is -0.494 e. The summed E-state index contributed by atoms with van der Waals surface area (Å²) >= 11 is 1.62. The van der Waals surface area contributed by atoms with Crippen LogP contribution in [0.1, 0.15) is 41.8 Å². The van der Waals surface area contributed by atoms with Crippen molar-refractivity contribution in [1.82, 2.24) is 5.32 Å². The van der Waals surface area contributed by atoms with E-state index in [1.165, 1.54) is 0 Å². The van der Waals surface area contributed by atoms with Gasteiger partial charge < -0.3 is 20.1 Å². The van der Waals surface area contributed by atoms with Gasteiger partial charge in [-0.15, -0.1) is 11.8 Å². The van der Waals surface area contributed by atoms with Crippen molar-refractivity contribution in [2.75, 3.05) is 17.7 Å². The lowest BCUT2D eigenvalue weighted by atomic mass is 10.1. The molecule has 0 aliphatic carbocycles. The number of carbonyl (C=O) groups is 2. The lowest BCUT2D eigenvalue weighted by molar-refractivity contribution is -0.115. The number of anilines is 1. The van der Waals surface area contributed by atoms with E-state index in [2.05, 4.69) is 10.6 Å². The van der Waals surface area contributed by atoms with Crippen LogP contribution in [0.2, 0.25) is 0 Å². The highest BCUT2D eigenvalue weighted by Gasteiger charge is 2.22. The number of nitrogens with one attached hydrogen (secondary N) is 2. The van der Waals surface area contributed by atoms with Crippen molar-refractivity contribution in [3.05, 3.63) is 47.0 Å². The van der Waals surface area contributed by atoms with E-state index in [0.717, 1.165) is 39.7 Å². The van der Waals surface area contributed by atoms with Gasteiger partial charge in [0.15, 0.2) is 0 Å². The molecule has 0 bridgehead atoms. The average Bonchev–Trinajstić information content (AvgIpc) is 2.94. The molecule has 0 spiro atoms. The molecule has 0 saturated heterocycles. The van der Waals surface area contributed by atoms with Crippen molar-refractivity contribution in [3.63, 3.8) is 0 Å². The van der Waals surface area contributed by atoms with E-state index in [1.54, 1.807) is 23.9 Å². The topological polar surface area (TPSA) is 76.7 Å². The molecule has 2 aliphatic heterocycles. The smallest absolute Gasteiger partial charge is 0.251 e. The number of hydrogen-bond acceptors (Lipinski definition) is 5. The molecule has 2 N–H and O–H groups in total. The first-order valence-electron chi connectivity index (χ1n) is 9.83. The summed E-state index contributed by atoms with van der Waals surface area (Å²) in [6.07, 6.45) is 1.48. The monoisotopic (exact) mass is 412 g/mol. The first-order valence-corrected chi connectivity index (χ1v) is 10.8. The fourth-order valence-corrected chi connectivity index (χ4v) is 4.49. The van der Waals surface area contributed by atoms with E-state index in [1.807, 2.05) is 32.0 Å². The van der Waals surface area contributed by atoms with Crippen molar-refractivity contribution >= 4 is 29.3 Å². The number of hydrogen-bond donors (Lipinski definition) is 2. The number of fused-ring (bicyclic) bond motifs is 2. The molecule has 2 aromatic rings. The number of ether oxygens (including phenoxy) is 2. The summed E-state index contributed by atoms with van der Waals surface area (Å²) in [6, 6.07) is 9.38. The zero-order valence-electron chi connectivity index (χ0n) is 16.5. The van der Waals surface area contributed by atoms with E-state index in [4.69, 9.17) is 9.47 Å². The molecule has 4 rings (SSSR count). The second kappa shape index (κ2) is 8.37. The maximum atomic E-state index is 12.7. The molecule has 2 aliphatic rings. The summed E-state index contributed by atoms with van der Waals surface area (Å²) in [5, 5.41) is 5.83. The van der Waals surface area contributed by atoms with Gasteiger partial charge in [-0.1, -0.05) is 0 Å². The minimum atomic E-state index is -0.200. The molecule has 2 aromatic carbocycles. The first-order chi connectivity index (χ1) is 14.0. The molecule has 6 nitrogen and oxygen atoms in total. The Morgan fingerprint density at radius 3 is 3.03 bits per heavy atom. The Morgan fingerprint density at radius 1 is 1.34 bits per heavy atom. The van der Waals surface area contributed by atoms with E-state index < -0.39 is 0 Å². The van der Waals surface area contributed by atoms with Crippen molar-refractivity contribution in [3.8, 4) is 11.5 Å². The first kappa shape index (κ1) is 19.6. The summed E-state index contributed by atoms with van der Waals surface area (Å²) in [7, 11) is 0. The summed E-state index contributed by atoms with van der Waals surface area (Å²) in [6.45, 7) is 4.86. The van der Waals surface area contributed by atoms with Gasteiger partial charge in [-0.2, -0.15) is 0 Å². The molecule has 29 heavy (non-hydrogen) atoms. The largest absolute Gasteiger partial charge is 0.494 e. The molecule has 0 saturated carbocycles. The molecule has 0 aromatic heterocycles. The molecule has 0 radical (unpaired) electrons. The van der Waals surface area contributed by atoms with Gasteiger partial charge in [0.05, 0.1) is 12.3 Å². The van der Waals surface area contributed by atoms with Crippen LogP contribution in [0.25, 0.3) is 0 Å². The number of carbonyl (C=O) groups excluding carboxylic acids is 2. The van der Waals surface area contributed by atoms with Crippen LogP contribution < -0.4 is 20.1 Å². The second-order valence-electron chi connectivity index (χ2n) is 7.17. The Bertz CT molecular complexity index is 960. The van der Waals surface area contributed by atoms with Crippen molar-refractivity contribution < 1.29 is 19.1 Å². The van der Waals surface area contributed by atoms with Crippen LogP contribution in [0.3, 0.4) is 0 Å². The molecular weight excluding hydrogens is 388 g/mol. The van der Waals surface area contributed by atoms with Crippen LogP contribution >= 0.6 is 11.8 Å². The molecule has 7 heteroatoms. The third-order valence-electron chi connectivity index (χ3n) is 4.92. The maximum absolute atomic E-state index is 12.7. The zero-order valence-corrected chi connectivity index (χ0v) is 17.4. The highest BCUT2D eigenvalue weighted by Crippen LogP contribution is 2.35. The quantitative estimate of drug-likeness (QED) is 0.782. The molecule has 2 heterocycles. The predicted molar refractivity (Wildman–Crippen MR) is 113 cm³/mol. The molecule has 152 valence electrons. The second-order valence-corrected chi connectivity index (χ2v) is 8.31. The fraction of sp³-hybridized carbons (Fsp3) is 0.364. The SMILES string of the molecule is CCOc1cc2c(cc1CNC(=O)c1ccc3c(c1)NC(=O)CCS3)O[C@@H](C)C2. The van der Waals surface area contributed by atoms with E-state index in [0.29, 0.717) is 30.8 Å². The van der Waals surface area contributed by atoms with Crippen LogP contribution in [0, 0.1) is 0 Å². The van der Waals surface area contributed by atoms with E-state index >= 15 is 0 Å². The van der Waals surface area contributed by atoms with Crippen LogP contribution in [0.4, 0.5) is 5.69 Å². The lowest BCUT2D eigenvalue weighted by Crippen LogP contribution is -2.23. The molecule has 0 unspecified atom stereocenters. The van der Waals surface area contributed by atoms with Gasteiger partial charge in [0.2, 0.25) is 5.91 Å². The normalized spacial score (nSPS) is 17.4. The van der Waals surface area contributed by atoms with Crippen LogP contribution in [0.5, 0.6) is 11.5 Å². The Hall–Kier alpha value is -2.67. The number of amides is 2. The van der Waals surface area contributed by atoms with Crippen molar-refractivity contribution in [2.24, 2.45) is 0 Å². The van der Waals surface area contributed by atoms with Gasteiger partial charge in [0, 0.05) is 46.7 Å². The summed E-state index contributed by atoms with van der Waals surface area (Å²) < 4.78 is 11.6. The van der Waals surface area contributed by atoms with Crippen LogP contribution in [-0.4, -0.2) is 30.3 Å². The van der Waals surface area contributed by atoms with E-state index in [-0.39, 0.29) is 17.9 Å². The minimum absolute atomic E-state index is 0.0254. The fourth-order valence-electron chi connectivity index (χ4n) is 3.55. The molecule has 0 fully saturated rings. The number of benzene rings is 2. The van der Waals surface area contributed by atoms with Gasteiger partial charge in [-0.25, -0.2) is 0 Å². The average molecular weight is 413 g/mol. The summed E-state index contributed by atoms with van der Waals surface area (Å²) in [4.78, 5) is 25.5. The predicted octanol–water partition coefficient (Wildman–Crippen LogP) is 3.77. The van der Waals surface area contributed by atoms with Crippen molar-refractivity contribution in [1.29, 1.82) is 0 Å². The highest BCUT2D eigenvalue weighted by molar-refractivity contribution is 7.99. The summed E-state index contributed by atoms with van der Waals surface area (Å²) in [5.74, 6) is 2.14. The van der Waals surface area contributed by atoms with Crippen LogP contribution in [0.15, 0.2) is 35.2 Å². The van der Waals surface area contributed by atoms with Gasteiger partial charge in [-0.3, -0.25) is 9.59 Å².